The maximum atomic E-state index is 12.8. The van der Waals surface area contributed by atoms with Crippen LogP contribution in [0.1, 0.15) is 16.1 Å². The summed E-state index contributed by atoms with van der Waals surface area (Å²) in [5.41, 5.74) is -0.280. The molecule has 1 amide bonds. The molecular weight excluding hydrogens is 381 g/mol. The fourth-order valence-corrected chi connectivity index (χ4v) is 2.40. The van der Waals surface area contributed by atoms with E-state index in [1.165, 1.54) is 24.5 Å². The third kappa shape index (κ3) is 4.73. The van der Waals surface area contributed by atoms with Crippen molar-refractivity contribution in [2.75, 3.05) is 10.6 Å². The molecule has 0 aliphatic carbocycles. The molecule has 0 saturated carbocycles. The van der Waals surface area contributed by atoms with Gasteiger partial charge in [-0.25, -0.2) is 9.97 Å². The van der Waals surface area contributed by atoms with Gasteiger partial charge >= 0.3 is 6.18 Å². The van der Waals surface area contributed by atoms with Crippen LogP contribution in [0.15, 0.2) is 60.9 Å². The smallest absolute Gasteiger partial charge is 0.339 e. The van der Waals surface area contributed by atoms with Gasteiger partial charge in [0.25, 0.3) is 5.91 Å². The van der Waals surface area contributed by atoms with Crippen molar-refractivity contribution >= 4 is 34.7 Å². The highest BCUT2D eigenvalue weighted by molar-refractivity contribution is 6.33. The van der Waals surface area contributed by atoms with Crippen molar-refractivity contribution in [3.8, 4) is 0 Å². The van der Waals surface area contributed by atoms with Crippen LogP contribution in [-0.4, -0.2) is 15.9 Å². The summed E-state index contributed by atoms with van der Waals surface area (Å²) >= 11 is 6.06. The Morgan fingerprint density at radius 2 is 1.78 bits per heavy atom. The largest absolute Gasteiger partial charge is 0.416 e. The number of hydrogen-bond acceptors (Lipinski definition) is 4. The van der Waals surface area contributed by atoms with Crippen LogP contribution in [0.25, 0.3) is 0 Å². The second kappa shape index (κ2) is 7.63. The number of benzene rings is 2. The van der Waals surface area contributed by atoms with Crippen LogP contribution in [0.3, 0.4) is 0 Å². The summed E-state index contributed by atoms with van der Waals surface area (Å²) in [7, 11) is 0. The summed E-state index contributed by atoms with van der Waals surface area (Å²) in [6.07, 6.45) is -3.33. The molecule has 0 radical (unpaired) electrons. The minimum atomic E-state index is -4.50. The molecule has 5 nitrogen and oxygen atoms in total. The third-order valence-electron chi connectivity index (χ3n) is 3.48. The number of halogens is 4. The molecule has 3 aromatic rings. The van der Waals surface area contributed by atoms with E-state index in [1.54, 1.807) is 24.3 Å². The number of rotatable bonds is 4. The second-order valence-electron chi connectivity index (χ2n) is 5.43. The van der Waals surface area contributed by atoms with E-state index < -0.39 is 17.6 Å². The van der Waals surface area contributed by atoms with Gasteiger partial charge < -0.3 is 10.6 Å². The predicted octanol–water partition coefficient (Wildman–Crippen LogP) is 5.14. The first kappa shape index (κ1) is 18.7. The standard InChI is InChI=1S/C18H12ClF3N4O/c19-13-6-1-2-7-14(13)26-16-9-15(23-10-24-16)17(27)25-12-5-3-4-11(8-12)18(20,21)22/h1-10H,(H,25,27)(H,23,24,26). The molecule has 0 aliphatic rings. The predicted molar refractivity (Wildman–Crippen MR) is 96.2 cm³/mol. The van der Waals surface area contributed by atoms with Crippen molar-refractivity contribution in [2.45, 2.75) is 6.18 Å². The monoisotopic (exact) mass is 392 g/mol. The number of carbonyl (C=O) groups excluding carboxylic acids is 1. The van der Waals surface area contributed by atoms with Gasteiger partial charge in [-0.1, -0.05) is 29.8 Å². The summed E-state index contributed by atoms with van der Waals surface area (Å²) in [5.74, 6) is -0.355. The highest BCUT2D eigenvalue weighted by Crippen LogP contribution is 2.30. The van der Waals surface area contributed by atoms with Crippen LogP contribution in [0.2, 0.25) is 5.02 Å². The van der Waals surface area contributed by atoms with Crippen molar-refractivity contribution in [3.05, 3.63) is 77.2 Å². The van der Waals surface area contributed by atoms with Crippen molar-refractivity contribution in [2.24, 2.45) is 0 Å². The van der Waals surface area contributed by atoms with Crippen LogP contribution >= 0.6 is 11.6 Å². The molecule has 2 N–H and O–H groups in total. The maximum absolute atomic E-state index is 12.8. The van der Waals surface area contributed by atoms with Crippen LogP contribution in [-0.2, 0) is 6.18 Å². The molecule has 9 heteroatoms. The lowest BCUT2D eigenvalue weighted by molar-refractivity contribution is -0.137. The van der Waals surface area contributed by atoms with E-state index in [-0.39, 0.29) is 11.4 Å². The molecule has 2 aromatic carbocycles. The van der Waals surface area contributed by atoms with Gasteiger partial charge in [-0.3, -0.25) is 4.79 Å². The molecule has 1 aromatic heterocycles. The lowest BCUT2D eigenvalue weighted by atomic mass is 10.2. The minimum absolute atomic E-state index is 0.00838. The topological polar surface area (TPSA) is 66.9 Å². The molecule has 0 saturated heterocycles. The average Bonchev–Trinajstić information content (AvgIpc) is 2.63. The van der Waals surface area contributed by atoms with Crippen molar-refractivity contribution in [3.63, 3.8) is 0 Å². The van der Waals surface area contributed by atoms with Gasteiger partial charge in [-0.05, 0) is 30.3 Å². The Balaban J connectivity index is 1.77. The maximum Gasteiger partial charge on any atom is 0.416 e. The van der Waals surface area contributed by atoms with Gasteiger partial charge in [-0.15, -0.1) is 0 Å². The SMILES string of the molecule is O=C(Nc1cccc(C(F)(F)F)c1)c1cc(Nc2ccccc2Cl)ncn1. The normalized spacial score (nSPS) is 11.1. The van der Waals surface area contributed by atoms with Gasteiger partial charge in [0, 0.05) is 11.8 Å². The van der Waals surface area contributed by atoms with Crippen molar-refractivity contribution in [1.82, 2.24) is 9.97 Å². The molecule has 0 atom stereocenters. The molecule has 3 rings (SSSR count). The molecule has 138 valence electrons. The first-order valence-electron chi connectivity index (χ1n) is 7.65. The average molecular weight is 393 g/mol. The minimum Gasteiger partial charge on any atom is -0.339 e. The van der Waals surface area contributed by atoms with Gasteiger partial charge in [0.2, 0.25) is 0 Å². The number of nitrogens with one attached hydrogen (secondary N) is 2. The van der Waals surface area contributed by atoms with Crippen molar-refractivity contribution in [1.29, 1.82) is 0 Å². The lowest BCUT2D eigenvalue weighted by Crippen LogP contribution is -2.15. The van der Waals surface area contributed by atoms with E-state index in [0.29, 0.717) is 16.5 Å². The van der Waals surface area contributed by atoms with Crippen molar-refractivity contribution < 1.29 is 18.0 Å². The Morgan fingerprint density at radius 3 is 2.52 bits per heavy atom. The summed E-state index contributed by atoms with van der Waals surface area (Å²) < 4.78 is 38.3. The second-order valence-corrected chi connectivity index (χ2v) is 5.83. The Labute approximate surface area is 157 Å². The molecule has 0 spiro atoms. The van der Waals surface area contributed by atoms with Gasteiger partial charge in [0.1, 0.15) is 17.8 Å². The van der Waals surface area contributed by atoms with Gasteiger partial charge in [0.15, 0.2) is 0 Å². The summed E-state index contributed by atoms with van der Waals surface area (Å²) in [4.78, 5) is 20.2. The molecule has 0 fully saturated rings. The van der Waals surface area contributed by atoms with Crippen LogP contribution in [0, 0.1) is 0 Å². The quantitative estimate of drug-likeness (QED) is 0.644. The first-order valence-corrected chi connectivity index (χ1v) is 8.03. The molecule has 0 bridgehead atoms. The van der Waals surface area contributed by atoms with E-state index in [1.807, 2.05) is 0 Å². The Bertz CT molecular complexity index is 979. The Kier molecular flexibility index (Phi) is 5.27. The van der Waals surface area contributed by atoms with E-state index in [4.69, 9.17) is 11.6 Å². The first-order chi connectivity index (χ1) is 12.8. The molecule has 1 heterocycles. The number of carbonyl (C=O) groups is 1. The van der Waals surface area contributed by atoms with E-state index >= 15 is 0 Å². The Hall–Kier alpha value is -3.13. The van der Waals surface area contributed by atoms with E-state index in [0.717, 1.165) is 12.1 Å². The molecular formula is C18H12ClF3N4O. The Morgan fingerprint density at radius 1 is 1.00 bits per heavy atom. The highest BCUT2D eigenvalue weighted by atomic mass is 35.5. The molecule has 0 aliphatic heterocycles. The van der Waals surface area contributed by atoms with E-state index in [2.05, 4.69) is 20.6 Å². The number of anilines is 3. The number of aromatic nitrogens is 2. The fraction of sp³-hybridized carbons (Fsp3) is 0.0556. The van der Waals surface area contributed by atoms with Gasteiger partial charge in [0.05, 0.1) is 16.3 Å². The van der Waals surface area contributed by atoms with Crippen LogP contribution in [0.5, 0.6) is 0 Å². The number of hydrogen-bond donors (Lipinski definition) is 2. The summed E-state index contributed by atoms with van der Waals surface area (Å²) in [5, 5.41) is 5.80. The number of nitrogens with zero attached hydrogens (tertiary/aromatic N) is 2. The zero-order valence-corrected chi connectivity index (χ0v) is 14.3. The number of amides is 1. The molecule has 0 unspecified atom stereocenters. The number of alkyl halides is 3. The zero-order valence-electron chi connectivity index (χ0n) is 13.6. The van der Waals surface area contributed by atoms with E-state index in [9.17, 15) is 18.0 Å². The summed E-state index contributed by atoms with van der Waals surface area (Å²) in [6.45, 7) is 0. The van der Waals surface area contributed by atoms with Crippen LogP contribution in [0.4, 0.5) is 30.4 Å². The number of para-hydroxylation sites is 1. The van der Waals surface area contributed by atoms with Gasteiger partial charge in [-0.2, -0.15) is 13.2 Å². The molecule has 27 heavy (non-hydrogen) atoms. The fourth-order valence-electron chi connectivity index (χ4n) is 2.22. The van der Waals surface area contributed by atoms with Crippen LogP contribution < -0.4 is 10.6 Å². The highest BCUT2D eigenvalue weighted by Gasteiger charge is 2.30. The lowest BCUT2D eigenvalue weighted by Gasteiger charge is -2.10. The third-order valence-corrected chi connectivity index (χ3v) is 3.81. The zero-order chi connectivity index (χ0) is 19.4. The summed E-state index contributed by atoms with van der Waals surface area (Å²) in [6, 6.07) is 12.7.